The van der Waals surface area contributed by atoms with Crippen molar-refractivity contribution in [1.29, 1.82) is 0 Å². The van der Waals surface area contributed by atoms with Crippen molar-refractivity contribution in [3.8, 4) is 0 Å². The van der Waals surface area contributed by atoms with Crippen molar-refractivity contribution >= 4 is 54.3 Å². The highest BCUT2D eigenvalue weighted by atomic mass is 35.5. The third kappa shape index (κ3) is 8.70. The lowest BCUT2D eigenvalue weighted by Crippen LogP contribution is -2.35. The number of anilines is 1. The van der Waals surface area contributed by atoms with Gasteiger partial charge in [0.05, 0.1) is 21.7 Å². The summed E-state index contributed by atoms with van der Waals surface area (Å²) in [6.45, 7) is 6.83. The zero-order valence-electron chi connectivity index (χ0n) is 24.1. The van der Waals surface area contributed by atoms with Crippen LogP contribution < -0.4 is 5.32 Å². The molecule has 0 saturated carbocycles. The van der Waals surface area contributed by atoms with E-state index in [1.165, 1.54) is 21.7 Å². The molecule has 1 saturated heterocycles. The van der Waals surface area contributed by atoms with E-state index >= 15 is 0 Å². The fourth-order valence-electron chi connectivity index (χ4n) is 4.57. The van der Waals surface area contributed by atoms with Crippen LogP contribution in [0.1, 0.15) is 43.0 Å². The second-order valence-electron chi connectivity index (χ2n) is 10.4. The van der Waals surface area contributed by atoms with Crippen molar-refractivity contribution in [3.05, 3.63) is 70.3 Å². The maximum absolute atomic E-state index is 14.3. The summed E-state index contributed by atoms with van der Waals surface area (Å²) in [4.78, 5) is 15.8. The zero-order chi connectivity index (χ0) is 32.9. The Kier molecular flexibility index (Phi) is 11.1. The molecule has 0 aliphatic carbocycles. The molecular formula is C28H30ClF4N5O5S2. The Bertz CT molecular complexity index is 1730. The van der Waals surface area contributed by atoms with Crippen LogP contribution in [-0.4, -0.2) is 71.2 Å². The number of hydrogen-bond acceptors (Lipinski definition) is 9. The molecule has 0 spiro atoms. The van der Waals surface area contributed by atoms with E-state index in [4.69, 9.17) is 26.0 Å². The van der Waals surface area contributed by atoms with Crippen molar-refractivity contribution in [1.82, 2.24) is 19.3 Å². The highest BCUT2D eigenvalue weighted by molar-refractivity contribution is 7.89. The summed E-state index contributed by atoms with van der Waals surface area (Å²) in [6, 6.07) is 9.67. The number of carboxylic acids is 1. The molecule has 5 rings (SSSR count). The minimum Gasteiger partial charge on any atom is -0.475 e. The third-order valence-corrected chi connectivity index (χ3v) is 10.2. The topological polar surface area (TPSA) is 129 Å². The lowest BCUT2D eigenvalue weighted by atomic mass is 10.0. The lowest BCUT2D eigenvalue weighted by Gasteiger charge is -2.22. The van der Waals surface area contributed by atoms with Gasteiger partial charge < -0.3 is 14.9 Å². The second-order valence-corrected chi connectivity index (χ2v) is 13.8. The molecule has 0 unspecified atom stereocenters. The summed E-state index contributed by atoms with van der Waals surface area (Å²) >= 11 is 7.60. The minimum absolute atomic E-state index is 0.240. The van der Waals surface area contributed by atoms with Gasteiger partial charge >= 0.3 is 12.1 Å². The summed E-state index contributed by atoms with van der Waals surface area (Å²) in [5.41, 5.74) is 3.04. The smallest absolute Gasteiger partial charge is 0.475 e. The summed E-state index contributed by atoms with van der Waals surface area (Å²) in [6.07, 6.45) is -2.78. The van der Waals surface area contributed by atoms with Gasteiger partial charge in [-0.05, 0) is 49.2 Å². The van der Waals surface area contributed by atoms with Gasteiger partial charge in [0, 0.05) is 42.3 Å². The average molecular weight is 692 g/mol. The molecule has 0 atom stereocenters. The first kappa shape index (κ1) is 34.6. The fraction of sp³-hybridized carbons (Fsp3) is 0.393. The molecule has 45 heavy (non-hydrogen) atoms. The van der Waals surface area contributed by atoms with Crippen LogP contribution in [0.3, 0.4) is 0 Å². The van der Waals surface area contributed by atoms with Crippen molar-refractivity contribution in [3.63, 3.8) is 0 Å². The molecule has 0 amide bonds. The molecule has 1 fully saturated rings. The molecular weight excluding hydrogens is 662 g/mol. The first-order valence-corrected chi connectivity index (χ1v) is 16.3. The zero-order valence-corrected chi connectivity index (χ0v) is 26.5. The molecule has 10 nitrogen and oxygen atoms in total. The van der Waals surface area contributed by atoms with E-state index in [0.29, 0.717) is 67.3 Å². The van der Waals surface area contributed by atoms with Gasteiger partial charge in [0.25, 0.3) is 0 Å². The van der Waals surface area contributed by atoms with E-state index in [2.05, 4.69) is 29.3 Å². The number of halogens is 5. The number of rotatable bonds is 8. The lowest BCUT2D eigenvalue weighted by molar-refractivity contribution is -0.192. The standard InChI is InChI=1S/C26H29ClFN5O3S2.C2HF3O2/c1-17(2)20-16-36-31-24(20)14-29-26-30-23-8-7-18(13-25(23)37-26)38(34,35)33-10-4-9-32(11-12-33)15-19-21(27)5-3-6-22(19)28;3-2(4,5)1(6)7/h3,5-8,13,16-17H,4,9-12,14-15H2,1-2H3,(H,29,30);(H,6,7). The van der Waals surface area contributed by atoms with E-state index < -0.39 is 22.2 Å². The molecule has 244 valence electrons. The highest BCUT2D eigenvalue weighted by Crippen LogP contribution is 2.31. The van der Waals surface area contributed by atoms with Crippen molar-refractivity contribution in [2.75, 3.05) is 31.5 Å². The van der Waals surface area contributed by atoms with Crippen molar-refractivity contribution in [2.45, 2.75) is 50.3 Å². The fourth-order valence-corrected chi connectivity index (χ4v) is 7.27. The van der Waals surface area contributed by atoms with Gasteiger partial charge in [0.2, 0.25) is 10.0 Å². The number of aliphatic carboxylic acids is 1. The first-order valence-electron chi connectivity index (χ1n) is 13.7. The van der Waals surface area contributed by atoms with Crippen LogP contribution in [0.2, 0.25) is 5.02 Å². The van der Waals surface area contributed by atoms with Crippen LogP contribution in [0.15, 0.2) is 52.1 Å². The summed E-state index contributed by atoms with van der Waals surface area (Å²) < 4.78 is 80.4. The Morgan fingerprint density at radius 3 is 2.58 bits per heavy atom. The van der Waals surface area contributed by atoms with Gasteiger partial charge in [-0.1, -0.05) is 48.0 Å². The summed E-state index contributed by atoms with van der Waals surface area (Å²) in [7, 11) is -3.70. The van der Waals surface area contributed by atoms with Gasteiger partial charge in [-0.3, -0.25) is 4.90 Å². The van der Waals surface area contributed by atoms with E-state index in [1.807, 2.05) is 4.90 Å². The number of alkyl halides is 3. The number of carboxylic acid groups (broad SMARTS) is 1. The SMILES string of the molecule is CC(C)c1conc1CNc1nc2ccc(S(=O)(=O)N3CCCN(Cc4c(F)cccc4Cl)CC3)cc2s1.O=C(O)C(F)(F)F. The largest absolute Gasteiger partial charge is 0.490 e. The van der Waals surface area contributed by atoms with Gasteiger partial charge in [-0.2, -0.15) is 17.5 Å². The van der Waals surface area contributed by atoms with E-state index in [0.717, 1.165) is 21.5 Å². The molecule has 0 bridgehead atoms. The van der Waals surface area contributed by atoms with Gasteiger partial charge in [0.1, 0.15) is 17.8 Å². The molecule has 3 heterocycles. The van der Waals surface area contributed by atoms with Crippen LogP contribution in [0.4, 0.5) is 22.7 Å². The number of aromatic nitrogens is 2. The summed E-state index contributed by atoms with van der Waals surface area (Å²) in [5, 5.41) is 15.5. The first-order chi connectivity index (χ1) is 21.2. The molecule has 4 aromatic rings. The minimum atomic E-state index is -5.08. The van der Waals surface area contributed by atoms with E-state index in [9.17, 15) is 26.0 Å². The monoisotopic (exact) mass is 691 g/mol. The second kappa shape index (κ2) is 14.4. The molecule has 17 heteroatoms. The van der Waals surface area contributed by atoms with Crippen LogP contribution >= 0.6 is 22.9 Å². The van der Waals surface area contributed by atoms with Crippen molar-refractivity contribution in [2.24, 2.45) is 0 Å². The molecule has 1 aliphatic heterocycles. The quantitative estimate of drug-likeness (QED) is 0.203. The van der Waals surface area contributed by atoms with Crippen LogP contribution in [0.5, 0.6) is 0 Å². The maximum Gasteiger partial charge on any atom is 0.490 e. The Balaban J connectivity index is 0.000000591. The van der Waals surface area contributed by atoms with E-state index in [-0.39, 0.29) is 10.7 Å². The van der Waals surface area contributed by atoms with Crippen molar-refractivity contribution < 1.29 is 40.4 Å². The van der Waals surface area contributed by atoms with Crippen LogP contribution in [0.25, 0.3) is 10.2 Å². The molecule has 2 aromatic heterocycles. The third-order valence-electron chi connectivity index (χ3n) is 6.94. The average Bonchev–Trinajstić information content (AvgIpc) is 3.54. The number of nitrogens with one attached hydrogen (secondary N) is 1. The number of carbonyl (C=O) groups is 1. The number of nitrogens with zero attached hydrogens (tertiary/aromatic N) is 4. The number of sulfonamides is 1. The number of fused-ring (bicyclic) bond motifs is 1. The van der Waals surface area contributed by atoms with Gasteiger partial charge in [0.15, 0.2) is 5.13 Å². The number of thiazole rings is 1. The Morgan fingerprint density at radius 2 is 1.91 bits per heavy atom. The van der Waals surface area contributed by atoms with Gasteiger partial charge in [-0.25, -0.2) is 22.6 Å². The van der Waals surface area contributed by atoms with Crippen LogP contribution in [-0.2, 0) is 27.9 Å². The van der Waals surface area contributed by atoms with Crippen LogP contribution in [0, 0.1) is 5.82 Å². The number of benzene rings is 2. The molecule has 0 radical (unpaired) electrons. The predicted molar refractivity (Wildman–Crippen MR) is 161 cm³/mol. The molecule has 2 aromatic carbocycles. The maximum atomic E-state index is 14.3. The Morgan fingerprint density at radius 1 is 1.18 bits per heavy atom. The Hall–Kier alpha value is -3.31. The van der Waals surface area contributed by atoms with Gasteiger partial charge in [-0.15, -0.1) is 0 Å². The summed E-state index contributed by atoms with van der Waals surface area (Å²) in [5.74, 6) is -2.81. The highest BCUT2D eigenvalue weighted by Gasteiger charge is 2.38. The Labute approximate surface area is 265 Å². The molecule has 1 aliphatic rings. The van der Waals surface area contributed by atoms with E-state index in [1.54, 1.807) is 36.6 Å². The predicted octanol–water partition coefficient (Wildman–Crippen LogP) is 6.34. The number of hydrogen-bond donors (Lipinski definition) is 2. The molecule has 2 N–H and O–H groups in total. The normalized spacial score (nSPS) is 15.1.